The van der Waals surface area contributed by atoms with E-state index in [-0.39, 0.29) is 12.8 Å². The van der Waals surface area contributed by atoms with Crippen molar-refractivity contribution in [3.63, 3.8) is 0 Å². The maximum absolute atomic E-state index is 13.1. The summed E-state index contributed by atoms with van der Waals surface area (Å²) in [4.78, 5) is 13.1. The number of aliphatic hydroxyl groups is 7. The van der Waals surface area contributed by atoms with Crippen LogP contribution in [0.3, 0.4) is 0 Å². The number of ether oxygens (including phenoxy) is 2. The molecule has 378 valence electrons. The highest BCUT2D eigenvalue weighted by Gasteiger charge is 2.44. The zero-order valence-electron chi connectivity index (χ0n) is 41.0. The molecule has 0 bridgehead atoms. The van der Waals surface area contributed by atoms with E-state index in [1.165, 1.54) is 154 Å². The molecule has 1 saturated heterocycles. The number of amides is 1. The van der Waals surface area contributed by atoms with Crippen LogP contribution in [0.25, 0.3) is 0 Å². The Labute approximate surface area is 391 Å². The topological polar surface area (TPSA) is 189 Å². The summed E-state index contributed by atoms with van der Waals surface area (Å²) in [6.45, 7) is 3.34. The smallest absolute Gasteiger partial charge is 0.249 e. The van der Waals surface area contributed by atoms with Gasteiger partial charge in [0.2, 0.25) is 5.91 Å². The number of allylic oxidation sites excluding steroid dienone is 4. The average Bonchev–Trinajstić information content (AvgIpc) is 3.29. The largest absolute Gasteiger partial charge is 0.394 e. The molecule has 0 aliphatic carbocycles. The Balaban J connectivity index is 2.16. The van der Waals surface area contributed by atoms with E-state index in [2.05, 4.69) is 43.5 Å². The third kappa shape index (κ3) is 31.5. The fraction of sp³-hybridized carbons (Fsp3) is 0.906. The minimum atomic E-state index is -1.66. The van der Waals surface area contributed by atoms with Gasteiger partial charge in [-0.15, -0.1) is 0 Å². The molecule has 1 rings (SSSR count). The lowest BCUT2D eigenvalue weighted by Gasteiger charge is -2.40. The molecular weight excluding hydrogens is 811 g/mol. The summed E-state index contributed by atoms with van der Waals surface area (Å²) in [5, 5.41) is 75.4. The summed E-state index contributed by atoms with van der Waals surface area (Å²) >= 11 is 0. The number of hydrogen-bond acceptors (Lipinski definition) is 10. The van der Waals surface area contributed by atoms with Crippen LogP contribution < -0.4 is 5.32 Å². The molecule has 64 heavy (non-hydrogen) atoms. The van der Waals surface area contributed by atoms with E-state index >= 15 is 0 Å². The van der Waals surface area contributed by atoms with Gasteiger partial charge in [0.15, 0.2) is 6.29 Å². The van der Waals surface area contributed by atoms with Crippen molar-refractivity contribution < 1.29 is 50.0 Å². The van der Waals surface area contributed by atoms with Crippen molar-refractivity contribution in [3.05, 3.63) is 24.3 Å². The standard InChI is InChI=1S/C53H101NO10/c1-3-5-7-9-11-12-13-14-15-16-17-18-19-20-21-22-23-24-25-26-27-28-29-30-31-32-33-35-37-39-41-46(57)52(62)54-44(48(58)45(56)40-38-36-34-10-8-6-4-2)43-63-53-51(61)50(60)49(59)47(42-55)64-53/h10,20-21,34,44-51,53,55-61H,3-9,11-19,22-33,35-43H2,1-2H3,(H,54,62)/b21-20-,34-10+. The number of nitrogens with one attached hydrogen (secondary N) is 1. The van der Waals surface area contributed by atoms with Crippen molar-refractivity contribution in [2.75, 3.05) is 13.2 Å². The lowest BCUT2D eigenvalue weighted by Crippen LogP contribution is -2.60. The molecule has 9 unspecified atom stereocenters. The molecule has 0 spiro atoms. The van der Waals surface area contributed by atoms with Crippen LogP contribution in [0.5, 0.6) is 0 Å². The van der Waals surface area contributed by atoms with E-state index in [1.54, 1.807) is 0 Å². The van der Waals surface area contributed by atoms with Crippen molar-refractivity contribution in [2.24, 2.45) is 0 Å². The molecule has 1 aliphatic heterocycles. The molecule has 9 atom stereocenters. The number of aliphatic hydroxyl groups excluding tert-OH is 7. The van der Waals surface area contributed by atoms with Gasteiger partial charge in [-0.25, -0.2) is 0 Å². The van der Waals surface area contributed by atoms with Gasteiger partial charge in [-0.1, -0.05) is 205 Å². The molecule has 0 aromatic rings. The lowest BCUT2D eigenvalue weighted by molar-refractivity contribution is -0.303. The van der Waals surface area contributed by atoms with Crippen molar-refractivity contribution >= 4 is 5.91 Å². The first-order chi connectivity index (χ1) is 31.2. The summed E-state index contributed by atoms with van der Waals surface area (Å²) < 4.78 is 11.0. The van der Waals surface area contributed by atoms with E-state index in [1.807, 2.05) is 0 Å². The SMILES string of the molecule is CCCC/C=C/CCCC(O)C(O)C(COC1OC(CO)C(O)C(O)C1O)NC(=O)C(O)CCCCCCCCCCCCCCCC/C=C\CCCCCCCCCCCCCC. The van der Waals surface area contributed by atoms with Gasteiger partial charge in [0.05, 0.1) is 25.4 Å². The molecule has 1 aliphatic rings. The minimum absolute atomic E-state index is 0.255. The van der Waals surface area contributed by atoms with E-state index in [9.17, 15) is 40.5 Å². The van der Waals surface area contributed by atoms with Crippen molar-refractivity contribution in [2.45, 2.75) is 294 Å². The summed E-state index contributed by atoms with van der Waals surface area (Å²) in [5.41, 5.74) is 0. The fourth-order valence-corrected chi connectivity index (χ4v) is 8.54. The predicted molar refractivity (Wildman–Crippen MR) is 261 cm³/mol. The summed E-state index contributed by atoms with van der Waals surface area (Å²) in [7, 11) is 0. The predicted octanol–water partition coefficient (Wildman–Crippen LogP) is 10.2. The molecule has 11 nitrogen and oxygen atoms in total. The molecule has 11 heteroatoms. The van der Waals surface area contributed by atoms with E-state index < -0.39 is 74.2 Å². The molecule has 1 heterocycles. The molecule has 1 amide bonds. The first-order valence-corrected chi connectivity index (χ1v) is 26.7. The maximum atomic E-state index is 13.1. The van der Waals surface area contributed by atoms with Gasteiger partial charge in [-0.05, 0) is 57.8 Å². The van der Waals surface area contributed by atoms with Crippen molar-refractivity contribution in [1.82, 2.24) is 5.32 Å². The average molecular weight is 912 g/mol. The fourth-order valence-electron chi connectivity index (χ4n) is 8.54. The lowest BCUT2D eigenvalue weighted by atomic mass is 9.98. The van der Waals surface area contributed by atoms with E-state index in [0.29, 0.717) is 12.8 Å². The zero-order valence-corrected chi connectivity index (χ0v) is 41.0. The van der Waals surface area contributed by atoms with Gasteiger partial charge in [0, 0.05) is 0 Å². The number of carbonyl (C=O) groups excluding carboxylic acids is 1. The van der Waals surface area contributed by atoms with E-state index in [4.69, 9.17) is 9.47 Å². The van der Waals surface area contributed by atoms with Crippen LogP contribution in [0, 0.1) is 0 Å². The number of unbranched alkanes of at least 4 members (excludes halogenated alkanes) is 29. The Morgan fingerprint density at radius 2 is 0.938 bits per heavy atom. The molecule has 0 aromatic carbocycles. The summed E-state index contributed by atoms with van der Waals surface area (Å²) in [6.07, 6.45) is 38.7. The van der Waals surface area contributed by atoms with Gasteiger partial charge in [-0.3, -0.25) is 4.79 Å². The molecular formula is C53H101NO10. The third-order valence-electron chi connectivity index (χ3n) is 13.0. The highest BCUT2D eigenvalue weighted by Crippen LogP contribution is 2.23. The van der Waals surface area contributed by atoms with Gasteiger partial charge < -0.3 is 50.5 Å². The Kier molecular flexibility index (Phi) is 40.6. The van der Waals surface area contributed by atoms with E-state index in [0.717, 1.165) is 44.9 Å². The Morgan fingerprint density at radius 1 is 0.531 bits per heavy atom. The van der Waals surface area contributed by atoms with Crippen LogP contribution in [0.2, 0.25) is 0 Å². The second-order valence-corrected chi connectivity index (χ2v) is 18.9. The van der Waals surface area contributed by atoms with Crippen molar-refractivity contribution in [1.29, 1.82) is 0 Å². The van der Waals surface area contributed by atoms with Crippen LogP contribution in [-0.4, -0.2) is 110 Å². The molecule has 8 N–H and O–H groups in total. The molecule has 0 aromatic heterocycles. The minimum Gasteiger partial charge on any atom is -0.394 e. The van der Waals surface area contributed by atoms with Gasteiger partial charge in [-0.2, -0.15) is 0 Å². The van der Waals surface area contributed by atoms with Crippen LogP contribution in [0.4, 0.5) is 0 Å². The first kappa shape index (κ1) is 60.6. The van der Waals surface area contributed by atoms with Crippen LogP contribution in [0.15, 0.2) is 24.3 Å². The number of rotatable bonds is 45. The highest BCUT2D eigenvalue weighted by molar-refractivity contribution is 5.80. The highest BCUT2D eigenvalue weighted by atomic mass is 16.7. The van der Waals surface area contributed by atoms with Crippen LogP contribution >= 0.6 is 0 Å². The third-order valence-corrected chi connectivity index (χ3v) is 13.0. The maximum Gasteiger partial charge on any atom is 0.249 e. The zero-order chi connectivity index (χ0) is 46.9. The Morgan fingerprint density at radius 3 is 1.39 bits per heavy atom. The number of carbonyl (C=O) groups is 1. The molecule has 1 fully saturated rings. The second kappa shape index (κ2) is 42.9. The van der Waals surface area contributed by atoms with Gasteiger partial charge >= 0.3 is 0 Å². The van der Waals surface area contributed by atoms with Gasteiger partial charge in [0.25, 0.3) is 0 Å². The summed E-state index contributed by atoms with van der Waals surface area (Å²) in [6, 6.07) is -1.18. The van der Waals surface area contributed by atoms with Crippen LogP contribution in [0.1, 0.15) is 239 Å². The van der Waals surface area contributed by atoms with Crippen LogP contribution in [-0.2, 0) is 14.3 Å². The Bertz CT molecular complexity index is 1090. The number of hydrogen-bond donors (Lipinski definition) is 8. The summed E-state index contributed by atoms with van der Waals surface area (Å²) in [5.74, 6) is -0.708. The second-order valence-electron chi connectivity index (χ2n) is 18.9. The monoisotopic (exact) mass is 912 g/mol. The molecule has 0 saturated carbocycles. The first-order valence-electron chi connectivity index (χ1n) is 26.7. The van der Waals surface area contributed by atoms with Gasteiger partial charge in [0.1, 0.15) is 36.6 Å². The Hall–Kier alpha value is -1.41. The quantitative estimate of drug-likeness (QED) is 0.0216. The normalized spacial score (nSPS) is 21.2. The van der Waals surface area contributed by atoms with Crippen molar-refractivity contribution in [3.8, 4) is 0 Å². The molecule has 0 radical (unpaired) electrons.